The van der Waals surface area contributed by atoms with Gasteiger partial charge in [0.25, 0.3) is 0 Å². The molecule has 2 aromatic carbocycles. The van der Waals surface area contributed by atoms with Crippen LogP contribution in [-0.2, 0) is 14.3 Å². The zero-order chi connectivity index (χ0) is 24.9. The average molecular weight is 481 g/mol. The lowest BCUT2D eigenvalue weighted by atomic mass is 9.95. The minimum atomic E-state index is -1.02. The molecule has 2 amide bonds. The molecule has 1 fully saturated rings. The number of carbonyl (C=O) groups is 3. The topological polar surface area (TPSA) is 116 Å². The fourth-order valence-electron chi connectivity index (χ4n) is 5.18. The maximum atomic E-state index is 12.8. The van der Waals surface area contributed by atoms with Gasteiger partial charge >= 0.3 is 12.1 Å². The Bertz CT molecular complexity index is 1040. The Kier molecular flexibility index (Phi) is 7.70. The summed E-state index contributed by atoms with van der Waals surface area (Å²) in [4.78, 5) is 38.3. The number of nitrogens with one attached hydrogen (secondary N) is 1. The van der Waals surface area contributed by atoms with Crippen LogP contribution in [0.25, 0.3) is 11.1 Å². The van der Waals surface area contributed by atoms with E-state index in [4.69, 9.17) is 4.74 Å². The summed E-state index contributed by atoms with van der Waals surface area (Å²) in [5.74, 6) is -2.15. The van der Waals surface area contributed by atoms with Gasteiger partial charge in [-0.25, -0.2) is 4.79 Å². The van der Waals surface area contributed by atoms with E-state index < -0.39 is 30.1 Å². The highest BCUT2D eigenvalue weighted by atomic mass is 16.5. The summed E-state index contributed by atoms with van der Waals surface area (Å²) in [7, 11) is 0. The van der Waals surface area contributed by atoms with Gasteiger partial charge in [-0.05, 0) is 35.1 Å². The van der Waals surface area contributed by atoms with E-state index >= 15 is 0 Å². The molecular weight excluding hydrogens is 448 g/mol. The lowest BCUT2D eigenvalue weighted by Crippen LogP contribution is -2.50. The monoisotopic (exact) mass is 480 g/mol. The molecule has 1 saturated heterocycles. The second-order valence-corrected chi connectivity index (χ2v) is 9.38. The summed E-state index contributed by atoms with van der Waals surface area (Å²) in [6, 6.07) is 15.8. The summed E-state index contributed by atoms with van der Waals surface area (Å²) >= 11 is 0. The van der Waals surface area contributed by atoms with Crippen LogP contribution >= 0.6 is 0 Å². The van der Waals surface area contributed by atoms with Crippen LogP contribution in [-0.4, -0.2) is 64.9 Å². The van der Waals surface area contributed by atoms with Crippen LogP contribution in [0.1, 0.15) is 49.7 Å². The lowest BCUT2D eigenvalue weighted by Gasteiger charge is -2.34. The van der Waals surface area contributed by atoms with Crippen molar-refractivity contribution in [1.29, 1.82) is 0 Å². The molecular formula is C27H32N2O6. The molecule has 35 heavy (non-hydrogen) atoms. The van der Waals surface area contributed by atoms with Crippen LogP contribution in [0.2, 0.25) is 0 Å². The van der Waals surface area contributed by atoms with Crippen LogP contribution in [0.3, 0.4) is 0 Å². The average Bonchev–Trinajstić information content (AvgIpc) is 3.16. The van der Waals surface area contributed by atoms with E-state index in [0.29, 0.717) is 6.42 Å². The van der Waals surface area contributed by atoms with Gasteiger partial charge in [0.15, 0.2) is 0 Å². The first kappa shape index (κ1) is 24.7. The van der Waals surface area contributed by atoms with Gasteiger partial charge in [-0.3, -0.25) is 9.59 Å². The van der Waals surface area contributed by atoms with Crippen molar-refractivity contribution in [3.8, 4) is 11.1 Å². The molecule has 8 nitrogen and oxygen atoms in total. The van der Waals surface area contributed by atoms with E-state index in [-0.39, 0.29) is 44.4 Å². The van der Waals surface area contributed by atoms with Gasteiger partial charge < -0.3 is 25.2 Å². The van der Waals surface area contributed by atoms with E-state index in [1.54, 1.807) is 0 Å². The number of carbonyl (C=O) groups excluding carboxylic acids is 2. The van der Waals surface area contributed by atoms with Crippen molar-refractivity contribution >= 4 is 18.0 Å². The predicted molar refractivity (Wildman–Crippen MR) is 130 cm³/mol. The third-order valence-electron chi connectivity index (χ3n) is 6.85. The Morgan fingerprint density at radius 1 is 1.06 bits per heavy atom. The Labute approximate surface area is 204 Å². The number of aliphatic hydroxyl groups excluding tert-OH is 1. The second kappa shape index (κ2) is 10.9. The van der Waals surface area contributed by atoms with Crippen molar-refractivity contribution in [3.63, 3.8) is 0 Å². The highest BCUT2D eigenvalue weighted by Gasteiger charge is 2.34. The first-order chi connectivity index (χ1) is 16.9. The number of carboxylic acids is 1. The second-order valence-electron chi connectivity index (χ2n) is 9.38. The lowest BCUT2D eigenvalue weighted by molar-refractivity contribution is -0.148. The number of fused-ring (bicyclic) bond motifs is 3. The fourth-order valence-corrected chi connectivity index (χ4v) is 5.18. The summed E-state index contributed by atoms with van der Waals surface area (Å²) < 4.78 is 5.62. The van der Waals surface area contributed by atoms with Crippen LogP contribution in [0.4, 0.5) is 4.79 Å². The number of likely N-dealkylation sites (tertiary alicyclic amines) is 1. The van der Waals surface area contributed by atoms with Crippen LogP contribution in [0.15, 0.2) is 48.5 Å². The zero-order valence-corrected chi connectivity index (χ0v) is 19.9. The number of nitrogens with zero attached hydrogens (tertiary/aromatic N) is 1. The molecule has 0 radical (unpaired) electrons. The number of piperidine rings is 1. The normalized spacial score (nSPS) is 20.0. The fraction of sp³-hybridized carbons (Fsp3) is 0.444. The third-order valence-corrected chi connectivity index (χ3v) is 6.85. The van der Waals surface area contributed by atoms with Crippen molar-refractivity contribution in [3.05, 3.63) is 59.7 Å². The summed E-state index contributed by atoms with van der Waals surface area (Å²) in [5, 5.41) is 22.1. The number of hydrogen-bond acceptors (Lipinski definition) is 5. The standard InChI is InChI=1S/C27H32N2O6/c1-2-7-18(13-25(31)29-14-17(26(32)33)12-19(30)15-29)28-27(34)35-16-24-22-10-5-3-8-20(22)21-9-4-6-11-23(21)24/h3-6,8-11,17-19,24,30H,2,7,12-16H2,1H3,(H,28,34)(H,32,33). The maximum absolute atomic E-state index is 12.8. The van der Waals surface area contributed by atoms with Crippen molar-refractivity contribution < 1.29 is 29.3 Å². The number of ether oxygens (including phenoxy) is 1. The highest BCUT2D eigenvalue weighted by molar-refractivity contribution is 5.80. The van der Waals surface area contributed by atoms with E-state index in [1.165, 1.54) is 4.90 Å². The quantitative estimate of drug-likeness (QED) is 0.533. The number of aliphatic hydroxyl groups is 1. The van der Waals surface area contributed by atoms with Gasteiger partial charge in [-0.1, -0.05) is 61.9 Å². The molecule has 0 bridgehead atoms. The van der Waals surface area contributed by atoms with Crippen molar-refractivity contribution in [2.45, 2.75) is 50.7 Å². The Morgan fingerprint density at radius 3 is 2.29 bits per heavy atom. The minimum Gasteiger partial charge on any atom is -0.481 e. The molecule has 0 spiro atoms. The molecule has 0 saturated carbocycles. The Balaban J connectivity index is 1.36. The van der Waals surface area contributed by atoms with E-state index in [0.717, 1.165) is 28.7 Å². The predicted octanol–water partition coefficient (Wildman–Crippen LogP) is 3.38. The molecule has 1 heterocycles. The number of carboxylic acid groups (broad SMARTS) is 1. The van der Waals surface area contributed by atoms with Gasteiger partial charge in [-0.15, -0.1) is 0 Å². The molecule has 1 aliphatic heterocycles. The number of rotatable bonds is 8. The largest absolute Gasteiger partial charge is 0.481 e. The van der Waals surface area contributed by atoms with Gasteiger partial charge in [0, 0.05) is 31.5 Å². The first-order valence-electron chi connectivity index (χ1n) is 12.2. The molecule has 3 unspecified atom stereocenters. The molecule has 186 valence electrons. The number of aliphatic carboxylic acids is 1. The minimum absolute atomic E-state index is 0.0249. The maximum Gasteiger partial charge on any atom is 0.407 e. The number of β-amino-alcohol motifs (C(OH)–C–C–N with tert-alkyl or cyclic N) is 1. The number of benzene rings is 2. The van der Waals surface area contributed by atoms with Crippen LogP contribution < -0.4 is 5.32 Å². The van der Waals surface area contributed by atoms with Gasteiger partial charge in [0.2, 0.25) is 5.91 Å². The molecule has 3 N–H and O–H groups in total. The molecule has 1 aliphatic carbocycles. The number of hydrogen-bond donors (Lipinski definition) is 3. The van der Waals surface area contributed by atoms with Crippen molar-refractivity contribution in [2.75, 3.05) is 19.7 Å². The number of alkyl carbamates (subject to hydrolysis) is 1. The summed E-state index contributed by atoms with van der Waals surface area (Å²) in [6.45, 7) is 2.31. The van der Waals surface area contributed by atoms with E-state index in [9.17, 15) is 24.6 Å². The Morgan fingerprint density at radius 2 is 1.69 bits per heavy atom. The van der Waals surface area contributed by atoms with Crippen molar-refractivity contribution in [1.82, 2.24) is 10.2 Å². The van der Waals surface area contributed by atoms with Gasteiger partial charge in [0.05, 0.1) is 12.0 Å². The van der Waals surface area contributed by atoms with Crippen LogP contribution in [0.5, 0.6) is 0 Å². The molecule has 8 heteroatoms. The third kappa shape index (κ3) is 5.65. The highest BCUT2D eigenvalue weighted by Crippen LogP contribution is 2.44. The smallest absolute Gasteiger partial charge is 0.407 e. The number of amides is 2. The molecule has 4 rings (SSSR count). The van der Waals surface area contributed by atoms with E-state index in [1.807, 2.05) is 31.2 Å². The SMILES string of the molecule is CCCC(CC(=O)N1CC(O)CC(C(=O)O)C1)NC(=O)OCC1c2ccccc2-c2ccccc21. The first-order valence-corrected chi connectivity index (χ1v) is 12.2. The van der Waals surface area contributed by atoms with Gasteiger partial charge in [0.1, 0.15) is 6.61 Å². The molecule has 2 aliphatic rings. The van der Waals surface area contributed by atoms with Gasteiger partial charge in [-0.2, -0.15) is 0 Å². The van der Waals surface area contributed by atoms with Crippen LogP contribution in [0, 0.1) is 5.92 Å². The van der Waals surface area contributed by atoms with Crippen molar-refractivity contribution in [2.24, 2.45) is 5.92 Å². The Hall–Kier alpha value is -3.39. The molecule has 2 aromatic rings. The molecule has 3 atom stereocenters. The van der Waals surface area contributed by atoms with E-state index in [2.05, 4.69) is 29.6 Å². The molecule has 0 aromatic heterocycles. The summed E-state index contributed by atoms with van der Waals surface area (Å²) in [6.07, 6.45) is 0.0391. The summed E-state index contributed by atoms with van der Waals surface area (Å²) in [5.41, 5.74) is 4.54. The zero-order valence-electron chi connectivity index (χ0n) is 19.9.